The number of carbonyl (C=O) groups is 2. The molecule has 2 N–H and O–H groups in total. The van der Waals surface area contributed by atoms with Crippen molar-refractivity contribution in [2.75, 3.05) is 0 Å². The van der Waals surface area contributed by atoms with Crippen LogP contribution >= 0.6 is 0 Å². The minimum Gasteiger partial charge on any atom is -0.481 e. The summed E-state index contributed by atoms with van der Waals surface area (Å²) in [6.45, 7) is 6.08. The summed E-state index contributed by atoms with van der Waals surface area (Å²) in [5.74, 6) is -1.84. The van der Waals surface area contributed by atoms with Crippen LogP contribution in [0.15, 0.2) is 18.2 Å². The van der Waals surface area contributed by atoms with Gasteiger partial charge in [-0.25, -0.2) is 0 Å². The summed E-state index contributed by atoms with van der Waals surface area (Å²) in [5, 5.41) is 12.0. The van der Waals surface area contributed by atoms with Gasteiger partial charge in [0.25, 0.3) is 0 Å². The lowest BCUT2D eigenvalue weighted by Gasteiger charge is -2.33. The van der Waals surface area contributed by atoms with Gasteiger partial charge in [-0.3, -0.25) is 9.59 Å². The van der Waals surface area contributed by atoms with Crippen LogP contribution in [0.1, 0.15) is 36.5 Å². The van der Waals surface area contributed by atoms with Crippen LogP contribution in [-0.4, -0.2) is 23.0 Å². The van der Waals surface area contributed by atoms with Gasteiger partial charge in [0.15, 0.2) is 0 Å². The average Bonchev–Trinajstić information content (AvgIpc) is 2.23. The summed E-state index contributed by atoms with van der Waals surface area (Å²) >= 11 is 0. The summed E-state index contributed by atoms with van der Waals surface area (Å²) in [4.78, 5) is 23.1. The third-order valence-corrected chi connectivity index (χ3v) is 4.14. The number of benzene rings is 1. The maximum absolute atomic E-state index is 12.1. The maximum Gasteiger partial charge on any atom is 0.307 e. The maximum atomic E-state index is 12.1. The number of aryl methyl sites for hydroxylation is 2. The second-order valence-corrected chi connectivity index (χ2v) is 6.24. The molecule has 0 radical (unpaired) electrons. The first-order valence-electron chi connectivity index (χ1n) is 7.47. The van der Waals surface area contributed by atoms with E-state index in [9.17, 15) is 9.59 Å². The summed E-state index contributed by atoms with van der Waals surface area (Å²) < 4.78 is 0. The first kappa shape index (κ1) is 15.5. The highest BCUT2D eigenvalue weighted by Gasteiger charge is 2.41. The second-order valence-electron chi connectivity index (χ2n) is 6.24. The van der Waals surface area contributed by atoms with Crippen molar-refractivity contribution in [3.63, 3.8) is 0 Å². The van der Waals surface area contributed by atoms with Gasteiger partial charge in [0.2, 0.25) is 5.91 Å². The van der Waals surface area contributed by atoms with Crippen LogP contribution in [0.2, 0.25) is 0 Å². The number of hydrogen-bond donors (Lipinski definition) is 2. The zero-order valence-corrected chi connectivity index (χ0v) is 12.8. The molecule has 1 amide bonds. The zero-order valence-electron chi connectivity index (χ0n) is 12.8. The summed E-state index contributed by atoms with van der Waals surface area (Å²) in [5.41, 5.74) is 3.63. The first-order chi connectivity index (χ1) is 9.86. The van der Waals surface area contributed by atoms with E-state index < -0.39 is 11.9 Å². The highest BCUT2D eigenvalue weighted by atomic mass is 16.4. The summed E-state index contributed by atoms with van der Waals surface area (Å²) in [7, 11) is 0. The van der Waals surface area contributed by atoms with Crippen molar-refractivity contribution in [2.45, 2.75) is 46.1 Å². The molecule has 1 fully saturated rings. The topological polar surface area (TPSA) is 66.4 Å². The van der Waals surface area contributed by atoms with E-state index in [0.717, 1.165) is 6.42 Å². The molecule has 2 rings (SSSR count). The highest BCUT2D eigenvalue weighted by molar-refractivity contribution is 5.86. The standard InChI is InChI=1S/C17H23NO3/c1-10-6-11(2)8-13(7-10)9-12(3)18-16(19)14-4-5-15(14)17(20)21/h6-8,12,14-15H,4-5,9H2,1-3H3,(H,18,19)(H,20,21). The van der Waals surface area contributed by atoms with E-state index in [4.69, 9.17) is 5.11 Å². The van der Waals surface area contributed by atoms with Crippen molar-refractivity contribution >= 4 is 11.9 Å². The molecule has 0 aliphatic heterocycles. The van der Waals surface area contributed by atoms with Crippen molar-refractivity contribution < 1.29 is 14.7 Å². The van der Waals surface area contributed by atoms with Crippen molar-refractivity contribution in [2.24, 2.45) is 11.8 Å². The minimum atomic E-state index is -0.858. The van der Waals surface area contributed by atoms with E-state index in [1.54, 1.807) is 0 Å². The molecule has 0 spiro atoms. The molecule has 4 heteroatoms. The van der Waals surface area contributed by atoms with E-state index in [1.165, 1.54) is 16.7 Å². The monoisotopic (exact) mass is 289 g/mol. The molecule has 0 heterocycles. The molecule has 0 aromatic heterocycles. The number of aliphatic carboxylic acids is 1. The molecule has 1 saturated carbocycles. The van der Waals surface area contributed by atoms with Gasteiger partial charge < -0.3 is 10.4 Å². The predicted octanol–water partition coefficient (Wildman–Crippen LogP) is 2.46. The van der Waals surface area contributed by atoms with E-state index in [1.807, 2.05) is 6.92 Å². The molecule has 114 valence electrons. The van der Waals surface area contributed by atoms with E-state index in [-0.39, 0.29) is 17.9 Å². The Kier molecular flexibility index (Phi) is 4.66. The summed E-state index contributed by atoms with van der Waals surface area (Å²) in [6.07, 6.45) is 2.05. The van der Waals surface area contributed by atoms with Crippen LogP contribution in [-0.2, 0) is 16.0 Å². The minimum absolute atomic E-state index is 0.00810. The molecule has 4 nitrogen and oxygen atoms in total. The fourth-order valence-electron chi connectivity index (χ4n) is 3.05. The molecule has 21 heavy (non-hydrogen) atoms. The van der Waals surface area contributed by atoms with Crippen LogP contribution in [0.4, 0.5) is 0 Å². The third-order valence-electron chi connectivity index (χ3n) is 4.14. The Morgan fingerprint density at radius 2 is 1.76 bits per heavy atom. The van der Waals surface area contributed by atoms with Crippen molar-refractivity contribution in [3.05, 3.63) is 34.9 Å². The molecule has 1 aromatic rings. The van der Waals surface area contributed by atoms with Gasteiger partial charge in [0, 0.05) is 6.04 Å². The first-order valence-corrected chi connectivity index (χ1v) is 7.47. The van der Waals surface area contributed by atoms with Crippen molar-refractivity contribution in [1.82, 2.24) is 5.32 Å². The van der Waals surface area contributed by atoms with Gasteiger partial charge in [-0.1, -0.05) is 29.3 Å². The predicted molar refractivity (Wildman–Crippen MR) is 81.1 cm³/mol. The molecule has 3 unspecified atom stereocenters. The summed E-state index contributed by atoms with van der Waals surface area (Å²) in [6, 6.07) is 6.38. The number of amides is 1. The number of rotatable bonds is 5. The van der Waals surface area contributed by atoms with Gasteiger partial charge in [-0.15, -0.1) is 0 Å². The van der Waals surface area contributed by atoms with Gasteiger partial charge in [-0.2, -0.15) is 0 Å². The lowest BCUT2D eigenvalue weighted by molar-refractivity contribution is -0.152. The molecular weight excluding hydrogens is 266 g/mol. The zero-order chi connectivity index (χ0) is 15.6. The van der Waals surface area contributed by atoms with Gasteiger partial charge in [0.05, 0.1) is 11.8 Å². The van der Waals surface area contributed by atoms with Crippen LogP contribution in [0.25, 0.3) is 0 Å². The van der Waals surface area contributed by atoms with Crippen LogP contribution in [0.5, 0.6) is 0 Å². The number of carboxylic acid groups (broad SMARTS) is 1. The van der Waals surface area contributed by atoms with Gasteiger partial charge in [-0.05, 0) is 45.6 Å². The van der Waals surface area contributed by atoms with E-state index in [0.29, 0.717) is 12.8 Å². The fourth-order valence-corrected chi connectivity index (χ4v) is 3.05. The number of hydrogen-bond acceptors (Lipinski definition) is 2. The lowest BCUT2D eigenvalue weighted by Crippen LogP contribution is -2.47. The molecular formula is C17H23NO3. The van der Waals surface area contributed by atoms with E-state index >= 15 is 0 Å². The van der Waals surface area contributed by atoms with Crippen molar-refractivity contribution in [3.8, 4) is 0 Å². The van der Waals surface area contributed by atoms with Gasteiger partial charge >= 0.3 is 5.97 Å². The molecule has 3 atom stereocenters. The second kappa shape index (κ2) is 6.29. The SMILES string of the molecule is Cc1cc(C)cc(CC(C)NC(=O)C2CCC2C(=O)O)c1. The Hall–Kier alpha value is -1.84. The Labute approximate surface area is 125 Å². The normalized spacial score (nSPS) is 22.2. The highest BCUT2D eigenvalue weighted by Crippen LogP contribution is 2.34. The Morgan fingerprint density at radius 3 is 2.24 bits per heavy atom. The Bertz CT molecular complexity index is 533. The molecule has 1 aromatic carbocycles. The molecule has 0 saturated heterocycles. The molecule has 0 bridgehead atoms. The van der Waals surface area contributed by atoms with Gasteiger partial charge in [0.1, 0.15) is 0 Å². The third kappa shape index (κ3) is 3.84. The fraction of sp³-hybridized carbons (Fsp3) is 0.529. The number of nitrogens with one attached hydrogen (secondary N) is 1. The van der Waals surface area contributed by atoms with Crippen LogP contribution in [0, 0.1) is 25.7 Å². The quantitative estimate of drug-likeness (QED) is 0.875. The molecule has 1 aliphatic rings. The smallest absolute Gasteiger partial charge is 0.307 e. The van der Waals surface area contributed by atoms with Crippen LogP contribution in [0.3, 0.4) is 0 Å². The lowest BCUT2D eigenvalue weighted by atomic mass is 9.73. The number of carboxylic acids is 1. The Balaban J connectivity index is 1.91. The number of carbonyl (C=O) groups excluding carboxylic acids is 1. The van der Waals surface area contributed by atoms with Crippen LogP contribution < -0.4 is 5.32 Å². The molecule has 1 aliphatic carbocycles. The average molecular weight is 289 g/mol. The Morgan fingerprint density at radius 1 is 1.19 bits per heavy atom. The largest absolute Gasteiger partial charge is 0.481 e. The van der Waals surface area contributed by atoms with E-state index in [2.05, 4.69) is 37.4 Å². The van der Waals surface area contributed by atoms with Crippen molar-refractivity contribution in [1.29, 1.82) is 0 Å².